The summed E-state index contributed by atoms with van der Waals surface area (Å²) in [7, 11) is 3.11. The second-order valence-corrected chi connectivity index (χ2v) is 5.22. The number of carbonyl (C=O) groups is 1. The highest BCUT2D eigenvalue weighted by molar-refractivity contribution is 6.04. The molecule has 0 aliphatic rings. The summed E-state index contributed by atoms with van der Waals surface area (Å²) in [6.07, 6.45) is 0. The zero-order valence-corrected chi connectivity index (χ0v) is 13.9. The SMILES string of the molecule is COc1cccc(C(=O)Nc2ccc(-c3ccc(OC)nn3)cc2)c1. The first-order valence-corrected chi connectivity index (χ1v) is 7.63. The Morgan fingerprint density at radius 1 is 0.920 bits per heavy atom. The zero-order chi connectivity index (χ0) is 17.6. The van der Waals surface area contributed by atoms with Gasteiger partial charge < -0.3 is 14.8 Å². The summed E-state index contributed by atoms with van der Waals surface area (Å²) in [5.74, 6) is 0.905. The van der Waals surface area contributed by atoms with Crippen LogP contribution in [0.2, 0.25) is 0 Å². The third kappa shape index (κ3) is 3.92. The van der Waals surface area contributed by atoms with Crippen LogP contribution in [-0.4, -0.2) is 30.3 Å². The van der Waals surface area contributed by atoms with Gasteiger partial charge in [-0.1, -0.05) is 18.2 Å². The van der Waals surface area contributed by atoms with Gasteiger partial charge in [-0.25, -0.2) is 0 Å². The van der Waals surface area contributed by atoms with Crippen molar-refractivity contribution >= 4 is 11.6 Å². The standard InChI is InChI=1S/C19H17N3O3/c1-24-16-5-3-4-14(12-16)19(23)20-15-8-6-13(7-9-15)17-10-11-18(25-2)22-21-17/h3-12H,1-2H3,(H,20,23). The summed E-state index contributed by atoms with van der Waals surface area (Å²) < 4.78 is 10.1. The van der Waals surface area contributed by atoms with Crippen molar-refractivity contribution in [2.24, 2.45) is 0 Å². The Kier molecular flexibility index (Phi) is 4.89. The molecule has 126 valence electrons. The van der Waals surface area contributed by atoms with Gasteiger partial charge in [0.25, 0.3) is 5.91 Å². The maximum atomic E-state index is 12.3. The second-order valence-electron chi connectivity index (χ2n) is 5.22. The van der Waals surface area contributed by atoms with Crippen molar-refractivity contribution in [2.45, 2.75) is 0 Å². The Labute approximate surface area is 145 Å². The van der Waals surface area contributed by atoms with Gasteiger partial charge in [-0.2, -0.15) is 0 Å². The van der Waals surface area contributed by atoms with E-state index in [2.05, 4.69) is 15.5 Å². The van der Waals surface area contributed by atoms with Gasteiger partial charge in [-0.15, -0.1) is 10.2 Å². The number of aromatic nitrogens is 2. The molecule has 0 atom stereocenters. The summed E-state index contributed by atoms with van der Waals surface area (Å²) in [4.78, 5) is 12.3. The molecule has 0 saturated carbocycles. The number of benzene rings is 2. The van der Waals surface area contributed by atoms with E-state index in [-0.39, 0.29) is 5.91 Å². The van der Waals surface area contributed by atoms with Crippen LogP contribution >= 0.6 is 0 Å². The monoisotopic (exact) mass is 335 g/mol. The van der Waals surface area contributed by atoms with Crippen LogP contribution in [0.3, 0.4) is 0 Å². The fourth-order valence-electron chi connectivity index (χ4n) is 2.27. The minimum Gasteiger partial charge on any atom is -0.497 e. The maximum absolute atomic E-state index is 12.3. The lowest BCUT2D eigenvalue weighted by Gasteiger charge is -2.08. The van der Waals surface area contributed by atoms with Crippen molar-refractivity contribution in [1.82, 2.24) is 10.2 Å². The smallest absolute Gasteiger partial charge is 0.255 e. The van der Waals surface area contributed by atoms with E-state index in [1.165, 1.54) is 0 Å². The zero-order valence-electron chi connectivity index (χ0n) is 13.9. The Morgan fingerprint density at radius 2 is 1.72 bits per heavy atom. The van der Waals surface area contributed by atoms with Crippen LogP contribution in [0.5, 0.6) is 11.6 Å². The molecule has 1 aromatic heterocycles. The molecule has 1 heterocycles. The number of carbonyl (C=O) groups excluding carboxylic acids is 1. The van der Waals surface area contributed by atoms with Gasteiger partial charge in [0.2, 0.25) is 5.88 Å². The van der Waals surface area contributed by atoms with E-state index in [1.54, 1.807) is 44.6 Å². The minimum atomic E-state index is -0.198. The number of methoxy groups -OCH3 is 2. The molecule has 0 unspecified atom stereocenters. The summed E-state index contributed by atoms with van der Waals surface area (Å²) in [6, 6.07) is 18.0. The highest BCUT2D eigenvalue weighted by Gasteiger charge is 2.08. The van der Waals surface area contributed by atoms with E-state index >= 15 is 0 Å². The van der Waals surface area contributed by atoms with Crippen LogP contribution in [0.25, 0.3) is 11.3 Å². The molecule has 3 aromatic rings. The Bertz CT molecular complexity index is 862. The number of nitrogens with one attached hydrogen (secondary N) is 1. The van der Waals surface area contributed by atoms with Crippen molar-refractivity contribution in [3.63, 3.8) is 0 Å². The Morgan fingerprint density at radius 3 is 2.36 bits per heavy atom. The summed E-state index contributed by atoms with van der Waals surface area (Å²) in [6.45, 7) is 0. The third-order valence-electron chi connectivity index (χ3n) is 3.62. The van der Waals surface area contributed by atoms with Crippen LogP contribution in [0.4, 0.5) is 5.69 Å². The van der Waals surface area contributed by atoms with Crippen molar-refractivity contribution < 1.29 is 14.3 Å². The average Bonchev–Trinajstić information content (AvgIpc) is 2.68. The molecule has 0 aliphatic heterocycles. The predicted octanol–water partition coefficient (Wildman–Crippen LogP) is 3.41. The van der Waals surface area contributed by atoms with Gasteiger partial charge in [0.05, 0.1) is 19.9 Å². The van der Waals surface area contributed by atoms with E-state index in [0.717, 1.165) is 11.3 Å². The molecular formula is C19H17N3O3. The lowest BCUT2D eigenvalue weighted by molar-refractivity contribution is 0.102. The quantitative estimate of drug-likeness (QED) is 0.773. The van der Waals surface area contributed by atoms with Crippen LogP contribution in [0, 0.1) is 0 Å². The Hall–Kier alpha value is -3.41. The first kappa shape index (κ1) is 16.4. The van der Waals surface area contributed by atoms with E-state index in [9.17, 15) is 4.79 Å². The first-order valence-electron chi connectivity index (χ1n) is 7.63. The number of hydrogen-bond donors (Lipinski definition) is 1. The number of amides is 1. The average molecular weight is 335 g/mol. The lowest BCUT2D eigenvalue weighted by atomic mass is 10.1. The summed E-state index contributed by atoms with van der Waals surface area (Å²) >= 11 is 0. The van der Waals surface area contributed by atoms with Crippen LogP contribution in [0.1, 0.15) is 10.4 Å². The molecular weight excluding hydrogens is 318 g/mol. The second kappa shape index (κ2) is 7.44. The molecule has 0 spiro atoms. The van der Waals surface area contributed by atoms with Crippen molar-refractivity contribution in [1.29, 1.82) is 0 Å². The number of nitrogens with zero attached hydrogens (tertiary/aromatic N) is 2. The van der Waals surface area contributed by atoms with Gasteiger partial charge in [0.1, 0.15) is 5.75 Å². The number of anilines is 1. The number of ether oxygens (including phenoxy) is 2. The molecule has 1 amide bonds. The molecule has 25 heavy (non-hydrogen) atoms. The molecule has 6 nitrogen and oxygen atoms in total. The topological polar surface area (TPSA) is 73.3 Å². The fourth-order valence-corrected chi connectivity index (χ4v) is 2.27. The van der Waals surface area contributed by atoms with Crippen molar-refractivity contribution in [2.75, 3.05) is 19.5 Å². The van der Waals surface area contributed by atoms with E-state index in [1.807, 2.05) is 30.3 Å². The molecule has 0 fully saturated rings. The molecule has 6 heteroatoms. The van der Waals surface area contributed by atoms with Gasteiger partial charge in [-0.05, 0) is 36.4 Å². The molecule has 0 bridgehead atoms. The number of hydrogen-bond acceptors (Lipinski definition) is 5. The predicted molar refractivity (Wildman–Crippen MR) is 95.0 cm³/mol. The molecule has 2 aromatic carbocycles. The first-order chi connectivity index (χ1) is 12.2. The maximum Gasteiger partial charge on any atom is 0.255 e. The van der Waals surface area contributed by atoms with Gasteiger partial charge in [-0.3, -0.25) is 4.79 Å². The molecule has 0 radical (unpaired) electrons. The van der Waals surface area contributed by atoms with Gasteiger partial charge in [0, 0.05) is 22.9 Å². The van der Waals surface area contributed by atoms with Crippen molar-refractivity contribution in [3.05, 3.63) is 66.2 Å². The van der Waals surface area contributed by atoms with Gasteiger partial charge in [0.15, 0.2) is 0 Å². The largest absolute Gasteiger partial charge is 0.497 e. The van der Waals surface area contributed by atoms with Crippen LogP contribution in [0.15, 0.2) is 60.7 Å². The molecule has 1 N–H and O–H groups in total. The molecule has 0 saturated heterocycles. The number of rotatable bonds is 5. The summed E-state index contributed by atoms with van der Waals surface area (Å²) in [5, 5.41) is 10.9. The van der Waals surface area contributed by atoms with Crippen molar-refractivity contribution in [3.8, 4) is 22.9 Å². The lowest BCUT2D eigenvalue weighted by Crippen LogP contribution is -2.11. The fraction of sp³-hybridized carbons (Fsp3) is 0.105. The molecule has 3 rings (SSSR count). The van der Waals surface area contributed by atoms with Crippen LogP contribution < -0.4 is 14.8 Å². The van der Waals surface area contributed by atoms with Gasteiger partial charge >= 0.3 is 0 Å². The van der Waals surface area contributed by atoms with E-state index in [0.29, 0.717) is 22.9 Å². The third-order valence-corrected chi connectivity index (χ3v) is 3.62. The highest BCUT2D eigenvalue weighted by atomic mass is 16.5. The molecule has 0 aliphatic carbocycles. The van der Waals surface area contributed by atoms with E-state index in [4.69, 9.17) is 9.47 Å². The normalized spacial score (nSPS) is 10.2. The highest BCUT2D eigenvalue weighted by Crippen LogP contribution is 2.21. The van der Waals surface area contributed by atoms with E-state index < -0.39 is 0 Å². The van der Waals surface area contributed by atoms with Crippen LogP contribution in [-0.2, 0) is 0 Å². The minimum absolute atomic E-state index is 0.198. The summed E-state index contributed by atoms with van der Waals surface area (Å²) in [5.41, 5.74) is 2.85. The Balaban J connectivity index is 1.72.